The Kier molecular flexibility index (Phi) is 2.52. The SMILES string of the molecule is COC(C)(C)Cn1nccc1C. The van der Waals surface area contributed by atoms with Crippen molar-refractivity contribution in [1.82, 2.24) is 9.78 Å². The molecule has 0 spiro atoms. The van der Waals surface area contributed by atoms with Crippen molar-refractivity contribution in [1.29, 1.82) is 0 Å². The van der Waals surface area contributed by atoms with E-state index in [0.717, 1.165) is 6.54 Å². The number of methoxy groups -OCH3 is 1. The molecular formula is C9H16N2O. The van der Waals surface area contributed by atoms with Crippen LogP contribution in [0.2, 0.25) is 0 Å². The minimum absolute atomic E-state index is 0.142. The maximum absolute atomic E-state index is 5.31. The number of hydrogen-bond acceptors (Lipinski definition) is 2. The fraction of sp³-hybridized carbons (Fsp3) is 0.667. The van der Waals surface area contributed by atoms with E-state index in [2.05, 4.69) is 5.10 Å². The zero-order chi connectivity index (χ0) is 9.19. The van der Waals surface area contributed by atoms with Gasteiger partial charge >= 0.3 is 0 Å². The largest absolute Gasteiger partial charge is 0.377 e. The number of nitrogens with zero attached hydrogens (tertiary/aromatic N) is 2. The number of hydrogen-bond donors (Lipinski definition) is 0. The summed E-state index contributed by atoms with van der Waals surface area (Å²) in [5.41, 5.74) is 1.02. The van der Waals surface area contributed by atoms with Crippen LogP contribution in [0.15, 0.2) is 12.3 Å². The van der Waals surface area contributed by atoms with Crippen molar-refractivity contribution in [3.8, 4) is 0 Å². The minimum atomic E-state index is -0.142. The van der Waals surface area contributed by atoms with E-state index >= 15 is 0 Å². The predicted octanol–water partition coefficient (Wildman–Crippen LogP) is 1.62. The molecule has 0 bridgehead atoms. The van der Waals surface area contributed by atoms with Crippen LogP contribution in [-0.2, 0) is 11.3 Å². The smallest absolute Gasteiger partial charge is 0.0817 e. The van der Waals surface area contributed by atoms with Gasteiger partial charge in [0.25, 0.3) is 0 Å². The predicted molar refractivity (Wildman–Crippen MR) is 48.1 cm³/mol. The molecule has 0 aliphatic carbocycles. The van der Waals surface area contributed by atoms with Crippen molar-refractivity contribution in [2.24, 2.45) is 0 Å². The molecule has 0 radical (unpaired) electrons. The molecule has 0 aliphatic heterocycles. The first-order chi connectivity index (χ1) is 5.55. The Morgan fingerprint density at radius 2 is 2.25 bits per heavy atom. The van der Waals surface area contributed by atoms with Crippen LogP contribution in [0.3, 0.4) is 0 Å². The number of aromatic nitrogens is 2. The molecule has 3 heteroatoms. The Balaban J connectivity index is 2.70. The monoisotopic (exact) mass is 168 g/mol. The van der Waals surface area contributed by atoms with Gasteiger partial charge < -0.3 is 4.74 Å². The Labute approximate surface area is 73.3 Å². The van der Waals surface area contributed by atoms with E-state index in [1.807, 2.05) is 31.5 Å². The highest BCUT2D eigenvalue weighted by atomic mass is 16.5. The van der Waals surface area contributed by atoms with Gasteiger partial charge in [0, 0.05) is 19.0 Å². The van der Waals surface area contributed by atoms with Gasteiger partial charge in [0.2, 0.25) is 0 Å². The van der Waals surface area contributed by atoms with Gasteiger partial charge in [0.05, 0.1) is 12.1 Å². The van der Waals surface area contributed by atoms with Crippen LogP contribution >= 0.6 is 0 Å². The molecule has 0 aliphatic rings. The van der Waals surface area contributed by atoms with Gasteiger partial charge in [-0.3, -0.25) is 4.68 Å². The van der Waals surface area contributed by atoms with Gasteiger partial charge in [-0.1, -0.05) is 0 Å². The standard InChI is InChI=1S/C9H16N2O/c1-8-5-6-10-11(8)7-9(2,3)12-4/h5-6H,7H2,1-4H3. The van der Waals surface area contributed by atoms with Crippen molar-refractivity contribution in [2.45, 2.75) is 32.9 Å². The zero-order valence-corrected chi connectivity index (χ0v) is 8.16. The second-order valence-corrected chi connectivity index (χ2v) is 3.59. The molecule has 0 saturated carbocycles. The molecule has 0 N–H and O–H groups in total. The number of aryl methyl sites for hydroxylation is 1. The summed E-state index contributed by atoms with van der Waals surface area (Å²) in [5.74, 6) is 0. The van der Waals surface area contributed by atoms with Crippen molar-refractivity contribution >= 4 is 0 Å². The minimum Gasteiger partial charge on any atom is -0.377 e. The summed E-state index contributed by atoms with van der Waals surface area (Å²) in [5, 5.41) is 4.19. The van der Waals surface area contributed by atoms with Crippen LogP contribution in [0.25, 0.3) is 0 Å². The summed E-state index contributed by atoms with van der Waals surface area (Å²) in [4.78, 5) is 0. The molecule has 1 rings (SSSR count). The number of rotatable bonds is 3. The third kappa shape index (κ3) is 2.08. The van der Waals surface area contributed by atoms with E-state index in [9.17, 15) is 0 Å². The lowest BCUT2D eigenvalue weighted by atomic mass is 10.1. The zero-order valence-electron chi connectivity index (χ0n) is 8.16. The van der Waals surface area contributed by atoms with Crippen molar-refractivity contribution in [3.05, 3.63) is 18.0 Å². The van der Waals surface area contributed by atoms with E-state index in [4.69, 9.17) is 4.74 Å². The molecule has 1 aromatic rings. The van der Waals surface area contributed by atoms with Crippen molar-refractivity contribution in [3.63, 3.8) is 0 Å². The van der Waals surface area contributed by atoms with Crippen LogP contribution in [-0.4, -0.2) is 22.5 Å². The Bertz CT molecular complexity index is 253. The number of ether oxygens (including phenoxy) is 1. The molecule has 1 heterocycles. The molecule has 0 aromatic carbocycles. The van der Waals surface area contributed by atoms with Gasteiger partial charge in [-0.15, -0.1) is 0 Å². The molecule has 0 fully saturated rings. The second-order valence-electron chi connectivity index (χ2n) is 3.59. The highest BCUT2D eigenvalue weighted by molar-refractivity contribution is 4.97. The molecule has 68 valence electrons. The van der Waals surface area contributed by atoms with Gasteiger partial charge in [-0.25, -0.2) is 0 Å². The summed E-state index contributed by atoms with van der Waals surface area (Å²) in [6, 6.07) is 1.99. The van der Waals surface area contributed by atoms with Crippen LogP contribution < -0.4 is 0 Å². The van der Waals surface area contributed by atoms with E-state index in [0.29, 0.717) is 0 Å². The van der Waals surface area contributed by atoms with E-state index < -0.39 is 0 Å². The summed E-state index contributed by atoms with van der Waals surface area (Å²) < 4.78 is 7.25. The topological polar surface area (TPSA) is 27.1 Å². The van der Waals surface area contributed by atoms with E-state index in [1.165, 1.54) is 5.69 Å². The highest BCUT2D eigenvalue weighted by Gasteiger charge is 2.17. The average Bonchev–Trinajstić information content (AvgIpc) is 2.36. The second kappa shape index (κ2) is 3.27. The van der Waals surface area contributed by atoms with Crippen molar-refractivity contribution < 1.29 is 4.74 Å². The first kappa shape index (κ1) is 9.26. The lowest BCUT2D eigenvalue weighted by Gasteiger charge is -2.23. The molecule has 0 amide bonds. The first-order valence-electron chi connectivity index (χ1n) is 4.09. The molecule has 1 aromatic heterocycles. The van der Waals surface area contributed by atoms with E-state index in [-0.39, 0.29) is 5.60 Å². The maximum atomic E-state index is 5.31. The highest BCUT2D eigenvalue weighted by Crippen LogP contribution is 2.11. The van der Waals surface area contributed by atoms with Crippen LogP contribution in [0.4, 0.5) is 0 Å². The van der Waals surface area contributed by atoms with Gasteiger partial charge in [-0.05, 0) is 26.8 Å². The third-order valence-corrected chi connectivity index (χ3v) is 2.01. The summed E-state index contributed by atoms with van der Waals surface area (Å²) in [7, 11) is 1.72. The molecular weight excluding hydrogens is 152 g/mol. The van der Waals surface area contributed by atoms with Gasteiger partial charge in [-0.2, -0.15) is 5.10 Å². The maximum Gasteiger partial charge on any atom is 0.0817 e. The molecule has 0 atom stereocenters. The fourth-order valence-electron chi connectivity index (χ4n) is 0.990. The van der Waals surface area contributed by atoms with Crippen molar-refractivity contribution in [2.75, 3.05) is 7.11 Å². The first-order valence-corrected chi connectivity index (χ1v) is 4.09. The molecule has 12 heavy (non-hydrogen) atoms. The Morgan fingerprint density at radius 1 is 1.58 bits per heavy atom. The van der Waals surface area contributed by atoms with Gasteiger partial charge in [0.15, 0.2) is 0 Å². The van der Waals surface area contributed by atoms with Crippen LogP contribution in [0, 0.1) is 6.92 Å². The lowest BCUT2D eigenvalue weighted by molar-refractivity contribution is 0.00495. The van der Waals surface area contributed by atoms with Gasteiger partial charge in [0.1, 0.15) is 0 Å². The lowest BCUT2D eigenvalue weighted by Crippen LogP contribution is -2.29. The summed E-state index contributed by atoms with van der Waals surface area (Å²) in [6.45, 7) is 6.93. The molecule has 0 saturated heterocycles. The summed E-state index contributed by atoms with van der Waals surface area (Å²) in [6.07, 6.45) is 1.81. The third-order valence-electron chi connectivity index (χ3n) is 2.01. The summed E-state index contributed by atoms with van der Waals surface area (Å²) >= 11 is 0. The molecule has 0 unspecified atom stereocenters. The fourth-order valence-corrected chi connectivity index (χ4v) is 0.990. The Hall–Kier alpha value is -0.830. The van der Waals surface area contributed by atoms with E-state index in [1.54, 1.807) is 13.3 Å². The average molecular weight is 168 g/mol. The Morgan fingerprint density at radius 3 is 2.67 bits per heavy atom. The van der Waals surface area contributed by atoms with Crippen LogP contribution in [0.5, 0.6) is 0 Å². The quantitative estimate of drug-likeness (QED) is 0.685. The van der Waals surface area contributed by atoms with Crippen LogP contribution in [0.1, 0.15) is 19.5 Å². The normalized spacial score (nSPS) is 12.0. The molecule has 3 nitrogen and oxygen atoms in total.